The normalized spacial score (nSPS) is 20.1. The number of nitrogens with one attached hydrogen (secondary N) is 1. The maximum atomic E-state index is 10.5. The van der Waals surface area contributed by atoms with Gasteiger partial charge in [0.1, 0.15) is 0 Å². The number of hydrogen-bond acceptors (Lipinski definition) is 3. The van der Waals surface area contributed by atoms with Crippen LogP contribution in [0.25, 0.3) is 0 Å². The molecule has 2 nitrogen and oxygen atoms in total. The fourth-order valence-electron chi connectivity index (χ4n) is 2.42. The van der Waals surface area contributed by atoms with Crippen LogP contribution >= 0.6 is 22.9 Å². The molecule has 1 aromatic heterocycles. The van der Waals surface area contributed by atoms with Gasteiger partial charge in [-0.05, 0) is 24.3 Å². The molecule has 1 saturated carbocycles. The largest absolute Gasteiger partial charge is 0.389 e. The first-order valence-electron chi connectivity index (χ1n) is 6.35. The van der Waals surface area contributed by atoms with Gasteiger partial charge in [0.05, 0.1) is 10.6 Å². The first-order chi connectivity index (χ1) is 8.20. The van der Waals surface area contributed by atoms with Crippen molar-refractivity contribution < 1.29 is 5.11 Å². The van der Waals surface area contributed by atoms with Crippen molar-refractivity contribution in [2.45, 2.75) is 50.7 Å². The molecule has 2 rings (SSSR count). The van der Waals surface area contributed by atoms with Crippen molar-refractivity contribution in [1.82, 2.24) is 5.32 Å². The fourth-order valence-corrected chi connectivity index (χ4v) is 3.50. The molecule has 1 aliphatic carbocycles. The van der Waals surface area contributed by atoms with E-state index in [-0.39, 0.29) is 0 Å². The average molecular weight is 274 g/mol. The van der Waals surface area contributed by atoms with Crippen molar-refractivity contribution in [2.24, 2.45) is 0 Å². The minimum absolute atomic E-state index is 0.500. The molecule has 0 aromatic carbocycles. The van der Waals surface area contributed by atoms with E-state index < -0.39 is 5.60 Å². The molecule has 4 heteroatoms. The molecule has 2 N–H and O–H groups in total. The van der Waals surface area contributed by atoms with Crippen molar-refractivity contribution in [3.63, 3.8) is 0 Å². The molecule has 0 spiro atoms. The second kappa shape index (κ2) is 6.19. The third-order valence-corrected chi connectivity index (χ3v) is 4.85. The summed E-state index contributed by atoms with van der Waals surface area (Å²) in [5.74, 6) is 0. The van der Waals surface area contributed by atoms with E-state index in [1.54, 1.807) is 11.3 Å². The van der Waals surface area contributed by atoms with Gasteiger partial charge < -0.3 is 10.4 Å². The summed E-state index contributed by atoms with van der Waals surface area (Å²) in [5.41, 5.74) is -0.500. The average Bonchev–Trinajstić information content (AvgIpc) is 2.58. The third-order valence-electron chi connectivity index (χ3n) is 3.46. The Bertz CT molecular complexity index is 345. The van der Waals surface area contributed by atoms with Crippen LogP contribution in [0.1, 0.15) is 43.4 Å². The number of rotatable bonds is 4. The van der Waals surface area contributed by atoms with Gasteiger partial charge in [0.25, 0.3) is 0 Å². The SMILES string of the molecule is OC1(CNCc2sccc2Cl)CCCCCC1. The molecule has 0 unspecified atom stereocenters. The van der Waals surface area contributed by atoms with Crippen LogP contribution in [0.5, 0.6) is 0 Å². The minimum atomic E-state index is -0.500. The Morgan fingerprint density at radius 2 is 2.00 bits per heavy atom. The second-order valence-corrected chi connectivity index (χ2v) is 6.34. The van der Waals surface area contributed by atoms with Gasteiger partial charge in [-0.2, -0.15) is 0 Å². The molecule has 0 bridgehead atoms. The van der Waals surface area contributed by atoms with E-state index in [0.29, 0.717) is 6.54 Å². The van der Waals surface area contributed by atoms with Gasteiger partial charge in [-0.1, -0.05) is 37.3 Å². The quantitative estimate of drug-likeness (QED) is 0.822. The van der Waals surface area contributed by atoms with Crippen LogP contribution < -0.4 is 5.32 Å². The zero-order valence-electron chi connectivity index (χ0n) is 10.0. The minimum Gasteiger partial charge on any atom is -0.389 e. The van der Waals surface area contributed by atoms with Crippen molar-refractivity contribution in [1.29, 1.82) is 0 Å². The van der Waals surface area contributed by atoms with E-state index in [2.05, 4.69) is 5.32 Å². The molecule has 0 atom stereocenters. The first kappa shape index (κ1) is 13.3. The Morgan fingerprint density at radius 3 is 2.59 bits per heavy atom. The molecule has 0 radical (unpaired) electrons. The van der Waals surface area contributed by atoms with Crippen molar-refractivity contribution in [3.05, 3.63) is 21.3 Å². The van der Waals surface area contributed by atoms with Crippen LogP contribution in [0.4, 0.5) is 0 Å². The summed E-state index contributed by atoms with van der Waals surface area (Å²) in [7, 11) is 0. The van der Waals surface area contributed by atoms with Crippen LogP contribution in [0.3, 0.4) is 0 Å². The Labute approximate surface area is 112 Å². The van der Waals surface area contributed by atoms with Gasteiger partial charge >= 0.3 is 0 Å². The molecule has 1 aliphatic rings. The summed E-state index contributed by atoms with van der Waals surface area (Å²) in [5, 5.41) is 16.6. The lowest BCUT2D eigenvalue weighted by molar-refractivity contribution is 0.0251. The highest BCUT2D eigenvalue weighted by molar-refractivity contribution is 7.10. The maximum Gasteiger partial charge on any atom is 0.0771 e. The molecule has 0 aliphatic heterocycles. The molecular weight excluding hydrogens is 254 g/mol. The Hall–Kier alpha value is -0.0900. The first-order valence-corrected chi connectivity index (χ1v) is 7.60. The summed E-state index contributed by atoms with van der Waals surface area (Å²) in [4.78, 5) is 1.16. The van der Waals surface area contributed by atoms with E-state index in [0.717, 1.165) is 42.1 Å². The van der Waals surface area contributed by atoms with Crippen molar-refractivity contribution >= 4 is 22.9 Å². The van der Waals surface area contributed by atoms with Crippen LogP contribution in [-0.4, -0.2) is 17.3 Å². The van der Waals surface area contributed by atoms with Gasteiger partial charge in [-0.25, -0.2) is 0 Å². The number of thiophene rings is 1. The molecular formula is C13H20ClNOS. The highest BCUT2D eigenvalue weighted by Crippen LogP contribution is 2.27. The summed E-state index contributed by atoms with van der Waals surface area (Å²) >= 11 is 7.69. The summed E-state index contributed by atoms with van der Waals surface area (Å²) in [6.07, 6.45) is 6.68. The van der Waals surface area contributed by atoms with Gasteiger partial charge in [0.2, 0.25) is 0 Å². The summed E-state index contributed by atoms with van der Waals surface area (Å²) in [6.45, 7) is 1.44. The maximum absolute atomic E-state index is 10.5. The van der Waals surface area contributed by atoms with Crippen molar-refractivity contribution in [3.8, 4) is 0 Å². The predicted molar refractivity (Wildman–Crippen MR) is 73.7 cm³/mol. The van der Waals surface area contributed by atoms with E-state index in [1.165, 1.54) is 12.8 Å². The van der Waals surface area contributed by atoms with E-state index in [4.69, 9.17) is 11.6 Å². The monoisotopic (exact) mass is 273 g/mol. The van der Waals surface area contributed by atoms with E-state index >= 15 is 0 Å². The molecule has 17 heavy (non-hydrogen) atoms. The lowest BCUT2D eigenvalue weighted by Gasteiger charge is -2.26. The van der Waals surface area contributed by atoms with Crippen LogP contribution in [0.15, 0.2) is 11.4 Å². The predicted octanol–water partition coefficient (Wildman–Crippen LogP) is 3.58. The smallest absolute Gasteiger partial charge is 0.0771 e. The number of halogens is 1. The Morgan fingerprint density at radius 1 is 1.29 bits per heavy atom. The van der Waals surface area contributed by atoms with Crippen LogP contribution in [0.2, 0.25) is 5.02 Å². The van der Waals surface area contributed by atoms with E-state index in [9.17, 15) is 5.11 Å². The number of hydrogen-bond donors (Lipinski definition) is 2. The molecule has 1 fully saturated rings. The molecule has 0 saturated heterocycles. The summed E-state index contributed by atoms with van der Waals surface area (Å²) in [6, 6.07) is 1.92. The van der Waals surface area contributed by atoms with Gasteiger partial charge in [0.15, 0.2) is 0 Å². The summed E-state index contributed by atoms with van der Waals surface area (Å²) < 4.78 is 0. The number of aliphatic hydroxyl groups is 1. The lowest BCUT2D eigenvalue weighted by atomic mass is 9.94. The zero-order valence-corrected chi connectivity index (χ0v) is 11.6. The Kier molecular flexibility index (Phi) is 4.86. The topological polar surface area (TPSA) is 32.3 Å². The lowest BCUT2D eigenvalue weighted by Crippen LogP contribution is -2.39. The van der Waals surface area contributed by atoms with Crippen LogP contribution in [-0.2, 0) is 6.54 Å². The molecule has 0 amide bonds. The van der Waals surface area contributed by atoms with Gasteiger partial charge in [0, 0.05) is 18.0 Å². The molecule has 1 heterocycles. The fraction of sp³-hybridized carbons (Fsp3) is 0.692. The Balaban J connectivity index is 1.79. The van der Waals surface area contributed by atoms with E-state index in [1.807, 2.05) is 11.4 Å². The third kappa shape index (κ3) is 3.95. The van der Waals surface area contributed by atoms with Gasteiger partial charge in [-0.15, -0.1) is 11.3 Å². The highest BCUT2D eigenvalue weighted by Gasteiger charge is 2.27. The highest BCUT2D eigenvalue weighted by atomic mass is 35.5. The zero-order chi connectivity index (χ0) is 12.1. The standard InChI is InChI=1S/C13H20ClNOS/c14-11-5-8-17-12(11)9-15-10-13(16)6-3-1-2-4-7-13/h5,8,15-16H,1-4,6-7,9-10H2. The van der Waals surface area contributed by atoms with Crippen molar-refractivity contribution in [2.75, 3.05) is 6.54 Å². The molecule has 1 aromatic rings. The van der Waals surface area contributed by atoms with Crippen LogP contribution in [0, 0.1) is 0 Å². The van der Waals surface area contributed by atoms with Gasteiger partial charge in [-0.3, -0.25) is 0 Å². The molecule has 96 valence electrons. The second-order valence-electron chi connectivity index (χ2n) is 4.93.